The van der Waals surface area contributed by atoms with Crippen molar-refractivity contribution in [2.24, 2.45) is 0 Å². The molecule has 1 aromatic carbocycles. The minimum Gasteiger partial charge on any atom is -0.351 e. The van der Waals surface area contributed by atoms with Crippen LogP contribution in [0.2, 0.25) is 0 Å². The van der Waals surface area contributed by atoms with Gasteiger partial charge in [0.2, 0.25) is 0 Å². The van der Waals surface area contributed by atoms with E-state index in [-0.39, 0.29) is 23.2 Å². The first kappa shape index (κ1) is 20.3. The van der Waals surface area contributed by atoms with Crippen molar-refractivity contribution in [2.75, 3.05) is 13.1 Å². The van der Waals surface area contributed by atoms with Crippen LogP contribution in [0, 0.1) is 6.92 Å². The predicted molar refractivity (Wildman–Crippen MR) is 112 cm³/mol. The first-order valence-corrected chi connectivity index (χ1v) is 10.3. The van der Waals surface area contributed by atoms with E-state index in [9.17, 15) is 18.0 Å². The maximum Gasteiger partial charge on any atom is 0.433 e. The number of aromatic nitrogens is 4. The van der Waals surface area contributed by atoms with E-state index in [1.54, 1.807) is 17.0 Å². The molecule has 32 heavy (non-hydrogen) atoms. The van der Waals surface area contributed by atoms with Gasteiger partial charge in [-0.05, 0) is 37.1 Å². The third-order valence-corrected chi connectivity index (χ3v) is 5.76. The number of aryl methyl sites for hydroxylation is 1. The highest BCUT2D eigenvalue weighted by molar-refractivity contribution is 5.93. The lowest BCUT2D eigenvalue weighted by atomic mass is 10.1. The van der Waals surface area contributed by atoms with Crippen LogP contribution in [0.3, 0.4) is 0 Å². The molecule has 4 aromatic rings. The fourth-order valence-electron chi connectivity index (χ4n) is 4.18. The summed E-state index contributed by atoms with van der Waals surface area (Å²) in [6.45, 7) is 2.43. The third-order valence-electron chi connectivity index (χ3n) is 5.76. The highest BCUT2D eigenvalue weighted by atomic mass is 19.4. The molecule has 1 aliphatic heterocycles. The van der Waals surface area contributed by atoms with Crippen molar-refractivity contribution in [2.45, 2.75) is 25.4 Å². The highest BCUT2D eigenvalue weighted by Gasteiger charge is 2.36. The molecule has 1 N–H and O–H groups in total. The summed E-state index contributed by atoms with van der Waals surface area (Å²) >= 11 is 0. The predicted octanol–water partition coefficient (Wildman–Crippen LogP) is 4.68. The minimum absolute atomic E-state index is 0.136. The minimum atomic E-state index is -4.53. The lowest BCUT2D eigenvalue weighted by molar-refractivity contribution is -0.142. The number of fused-ring (bicyclic) bond motifs is 1. The third kappa shape index (κ3) is 3.63. The van der Waals surface area contributed by atoms with Gasteiger partial charge in [-0.25, -0.2) is 9.50 Å². The van der Waals surface area contributed by atoms with Gasteiger partial charge in [0, 0.05) is 36.5 Å². The quantitative estimate of drug-likeness (QED) is 0.504. The van der Waals surface area contributed by atoms with Crippen molar-refractivity contribution in [3.8, 4) is 11.3 Å². The van der Waals surface area contributed by atoms with Crippen LogP contribution in [0.15, 0.2) is 54.6 Å². The molecule has 6 nitrogen and oxygen atoms in total. The Morgan fingerprint density at radius 2 is 1.91 bits per heavy atom. The lowest BCUT2D eigenvalue weighted by Gasteiger charge is -2.15. The number of hydrogen-bond acceptors (Lipinski definition) is 3. The molecular formula is C23H20F3N5O. The van der Waals surface area contributed by atoms with Gasteiger partial charge in [0.1, 0.15) is 11.4 Å². The number of benzene rings is 1. The fourth-order valence-corrected chi connectivity index (χ4v) is 4.18. The number of hydrogen-bond donors (Lipinski definition) is 1. The lowest BCUT2D eigenvalue weighted by Crippen LogP contribution is -2.28. The van der Waals surface area contributed by atoms with Gasteiger partial charge in [0.15, 0.2) is 5.65 Å². The number of H-pyrrole nitrogens is 1. The van der Waals surface area contributed by atoms with Gasteiger partial charge in [0.25, 0.3) is 5.91 Å². The molecule has 1 unspecified atom stereocenters. The summed E-state index contributed by atoms with van der Waals surface area (Å²) in [6, 6.07) is 15.9. The Balaban J connectivity index is 1.36. The number of amides is 1. The number of rotatable bonds is 3. The van der Waals surface area contributed by atoms with Crippen molar-refractivity contribution in [3.63, 3.8) is 0 Å². The Morgan fingerprint density at radius 3 is 2.66 bits per heavy atom. The fraction of sp³-hybridized carbons (Fsp3) is 0.261. The summed E-state index contributed by atoms with van der Waals surface area (Å²) in [5, 5.41) is 4.20. The number of halogens is 3. The zero-order chi connectivity index (χ0) is 22.5. The largest absolute Gasteiger partial charge is 0.433 e. The summed E-state index contributed by atoms with van der Waals surface area (Å²) in [6.07, 6.45) is -3.90. The SMILES string of the molecule is Cc1cc(C(F)(F)F)n2nc(C3CCN(C(=O)c4ccc(-c5ccccc5)[nH]4)C3)cc2n1. The molecule has 1 atom stereocenters. The van der Waals surface area contributed by atoms with Crippen molar-refractivity contribution in [3.05, 3.63) is 77.4 Å². The van der Waals surface area contributed by atoms with Gasteiger partial charge in [-0.1, -0.05) is 30.3 Å². The highest BCUT2D eigenvalue weighted by Crippen LogP contribution is 2.32. The van der Waals surface area contributed by atoms with Gasteiger partial charge in [-0.15, -0.1) is 0 Å². The second-order valence-corrected chi connectivity index (χ2v) is 8.01. The Labute approximate surface area is 181 Å². The molecule has 9 heteroatoms. The number of likely N-dealkylation sites (tertiary alicyclic amines) is 1. The van der Waals surface area contributed by atoms with Crippen molar-refractivity contribution in [1.82, 2.24) is 24.5 Å². The van der Waals surface area contributed by atoms with Crippen LogP contribution < -0.4 is 0 Å². The number of alkyl halides is 3. The van der Waals surface area contributed by atoms with Crippen LogP contribution in [-0.4, -0.2) is 43.5 Å². The molecule has 164 valence electrons. The van der Waals surface area contributed by atoms with Crippen molar-refractivity contribution < 1.29 is 18.0 Å². The van der Waals surface area contributed by atoms with E-state index >= 15 is 0 Å². The molecule has 4 heterocycles. The van der Waals surface area contributed by atoms with Gasteiger partial charge in [0.05, 0.1) is 5.69 Å². The number of nitrogens with zero attached hydrogens (tertiary/aromatic N) is 4. The zero-order valence-electron chi connectivity index (χ0n) is 17.2. The Kier molecular flexibility index (Phi) is 4.76. The van der Waals surface area contributed by atoms with Crippen LogP contribution in [0.1, 0.15) is 39.9 Å². The summed E-state index contributed by atoms with van der Waals surface area (Å²) in [4.78, 5) is 22.0. The monoisotopic (exact) mass is 439 g/mol. The topological polar surface area (TPSA) is 66.3 Å². The number of carbonyl (C=O) groups is 1. The summed E-state index contributed by atoms with van der Waals surface area (Å²) in [5.41, 5.74) is 2.42. The molecule has 1 aliphatic rings. The molecule has 5 rings (SSSR count). The molecule has 1 amide bonds. The van der Waals surface area contributed by atoms with Crippen molar-refractivity contribution in [1.29, 1.82) is 0 Å². The summed E-state index contributed by atoms with van der Waals surface area (Å²) < 4.78 is 41.1. The maximum absolute atomic E-state index is 13.4. The Morgan fingerprint density at radius 1 is 1.12 bits per heavy atom. The van der Waals surface area contributed by atoms with Crippen molar-refractivity contribution >= 4 is 11.6 Å². The molecule has 0 aliphatic carbocycles. The molecular weight excluding hydrogens is 419 g/mol. The Hall–Kier alpha value is -3.62. The second-order valence-electron chi connectivity index (χ2n) is 8.01. The molecule has 1 fully saturated rings. The van der Waals surface area contributed by atoms with Gasteiger partial charge in [-0.2, -0.15) is 18.3 Å². The van der Waals surface area contributed by atoms with Gasteiger partial charge < -0.3 is 9.88 Å². The zero-order valence-corrected chi connectivity index (χ0v) is 17.2. The van der Waals surface area contributed by atoms with Gasteiger partial charge >= 0.3 is 6.18 Å². The molecule has 0 bridgehead atoms. The molecule has 3 aromatic heterocycles. The summed E-state index contributed by atoms with van der Waals surface area (Å²) in [5.74, 6) is -0.283. The first-order chi connectivity index (χ1) is 15.3. The van der Waals surface area contributed by atoms with Crippen LogP contribution in [0.5, 0.6) is 0 Å². The van der Waals surface area contributed by atoms with Crippen LogP contribution in [0.4, 0.5) is 13.2 Å². The number of carbonyl (C=O) groups excluding carboxylic acids is 1. The van der Waals surface area contributed by atoms with E-state index < -0.39 is 11.9 Å². The van der Waals surface area contributed by atoms with Crippen LogP contribution in [-0.2, 0) is 6.18 Å². The van der Waals surface area contributed by atoms with E-state index in [1.165, 1.54) is 6.92 Å². The standard InChI is InChI=1S/C23H20F3N5O/c1-14-11-20(23(24,25)26)31-21(27-14)12-19(29-31)16-9-10-30(13-16)22(32)18-8-7-17(28-18)15-5-3-2-4-6-15/h2-8,11-12,16,28H,9-10,13H2,1H3. The van der Waals surface area contributed by atoms with E-state index in [1.807, 2.05) is 36.4 Å². The summed E-state index contributed by atoms with van der Waals surface area (Å²) in [7, 11) is 0. The van der Waals surface area contributed by atoms with E-state index in [0.29, 0.717) is 30.9 Å². The van der Waals surface area contributed by atoms with E-state index in [4.69, 9.17) is 0 Å². The van der Waals surface area contributed by atoms with Gasteiger partial charge in [-0.3, -0.25) is 4.79 Å². The number of aromatic amines is 1. The average Bonchev–Trinajstić information content (AvgIpc) is 3.51. The second kappa shape index (κ2) is 7.51. The smallest absolute Gasteiger partial charge is 0.351 e. The van der Waals surface area contributed by atoms with Crippen LogP contribution >= 0.6 is 0 Å². The molecule has 0 radical (unpaired) electrons. The molecule has 0 spiro atoms. The van der Waals surface area contributed by atoms with Crippen LogP contribution in [0.25, 0.3) is 16.9 Å². The normalized spacial score (nSPS) is 16.8. The Bertz CT molecular complexity index is 1290. The van der Waals surface area contributed by atoms with E-state index in [2.05, 4.69) is 15.1 Å². The maximum atomic E-state index is 13.4. The first-order valence-electron chi connectivity index (χ1n) is 10.3. The molecule has 0 saturated carbocycles. The number of nitrogens with one attached hydrogen (secondary N) is 1. The average molecular weight is 439 g/mol. The van der Waals surface area contributed by atoms with E-state index in [0.717, 1.165) is 21.8 Å². The molecule has 1 saturated heterocycles.